The van der Waals surface area contributed by atoms with Crippen LogP contribution in [0.25, 0.3) is 0 Å². The molecule has 2 nitrogen and oxygen atoms in total. The molecule has 1 saturated heterocycles. The smallest absolute Gasteiger partial charge is 0.0629 e. The average Bonchev–Trinajstić information content (AvgIpc) is 2.36. The lowest BCUT2D eigenvalue weighted by Crippen LogP contribution is -2.36. The van der Waals surface area contributed by atoms with E-state index in [1.165, 1.54) is 5.56 Å². The zero-order valence-corrected chi connectivity index (χ0v) is 11.2. The van der Waals surface area contributed by atoms with Crippen molar-refractivity contribution in [2.45, 2.75) is 44.6 Å². The summed E-state index contributed by atoms with van der Waals surface area (Å²) >= 11 is 0. The molecular weight excluding hydrogens is 222 g/mol. The first kappa shape index (κ1) is 13.1. The molecule has 1 fully saturated rings. The van der Waals surface area contributed by atoms with Crippen molar-refractivity contribution in [2.24, 2.45) is 5.92 Å². The highest BCUT2D eigenvalue weighted by molar-refractivity contribution is 5.22. The third kappa shape index (κ3) is 3.11. The normalized spacial score (nSPS) is 24.2. The molecule has 1 heterocycles. The maximum Gasteiger partial charge on any atom is 0.0629 e. The fourth-order valence-corrected chi connectivity index (χ4v) is 2.98. The topological polar surface area (TPSA) is 33.0 Å². The van der Waals surface area contributed by atoms with Crippen LogP contribution in [0.5, 0.6) is 0 Å². The number of hydrogen-bond acceptors (Lipinski definition) is 2. The van der Waals surface area contributed by atoms with Crippen molar-refractivity contribution < 1.29 is 4.74 Å². The van der Waals surface area contributed by atoms with Gasteiger partial charge in [0, 0.05) is 13.0 Å². The van der Waals surface area contributed by atoms with E-state index in [9.17, 15) is 0 Å². The van der Waals surface area contributed by atoms with Gasteiger partial charge in [-0.3, -0.25) is 0 Å². The third-order valence-corrected chi connectivity index (χ3v) is 3.84. The fourth-order valence-electron chi connectivity index (χ4n) is 2.98. The standard InChI is InChI=1S/C16H21NO/c1-16(2)12-14(9-11-18-16)15(8-10-17)13-6-4-3-5-7-13/h3-7,14-15H,8-9,11-12H2,1-2H3/t14-,15-/m0/s1. The number of nitriles is 1. The van der Waals surface area contributed by atoms with Gasteiger partial charge >= 0.3 is 0 Å². The highest BCUT2D eigenvalue weighted by Gasteiger charge is 2.33. The van der Waals surface area contributed by atoms with Crippen LogP contribution in [-0.2, 0) is 4.74 Å². The molecule has 0 unspecified atom stereocenters. The molecule has 0 aliphatic carbocycles. The van der Waals surface area contributed by atoms with E-state index in [0.717, 1.165) is 19.4 Å². The van der Waals surface area contributed by atoms with Gasteiger partial charge in [0.2, 0.25) is 0 Å². The summed E-state index contributed by atoms with van der Waals surface area (Å²) in [7, 11) is 0. The summed E-state index contributed by atoms with van der Waals surface area (Å²) in [5.74, 6) is 0.898. The summed E-state index contributed by atoms with van der Waals surface area (Å²) in [5.41, 5.74) is 1.24. The van der Waals surface area contributed by atoms with E-state index in [1.54, 1.807) is 0 Å². The van der Waals surface area contributed by atoms with Crippen LogP contribution in [-0.4, -0.2) is 12.2 Å². The maximum atomic E-state index is 9.08. The maximum absolute atomic E-state index is 9.08. The molecular formula is C16H21NO. The zero-order chi connectivity index (χ0) is 13.0. The van der Waals surface area contributed by atoms with Crippen LogP contribution in [0.3, 0.4) is 0 Å². The van der Waals surface area contributed by atoms with Gasteiger partial charge in [-0.1, -0.05) is 30.3 Å². The van der Waals surface area contributed by atoms with Gasteiger partial charge in [-0.15, -0.1) is 0 Å². The number of rotatable bonds is 3. The van der Waals surface area contributed by atoms with Crippen molar-refractivity contribution in [3.8, 4) is 6.07 Å². The second-order valence-corrected chi connectivity index (χ2v) is 5.74. The van der Waals surface area contributed by atoms with Gasteiger partial charge < -0.3 is 4.74 Å². The molecule has 0 saturated carbocycles. The SMILES string of the molecule is CC1(C)C[C@@H]([C@@H](CC#N)c2ccccc2)CCO1. The van der Waals surface area contributed by atoms with E-state index >= 15 is 0 Å². The Morgan fingerprint density at radius 1 is 1.39 bits per heavy atom. The van der Waals surface area contributed by atoms with Crippen LogP contribution < -0.4 is 0 Å². The van der Waals surface area contributed by atoms with Gasteiger partial charge in [-0.05, 0) is 44.1 Å². The minimum atomic E-state index is -0.0502. The van der Waals surface area contributed by atoms with E-state index in [2.05, 4.69) is 44.2 Å². The van der Waals surface area contributed by atoms with Crippen molar-refractivity contribution in [3.63, 3.8) is 0 Å². The lowest BCUT2D eigenvalue weighted by Gasteiger charge is -2.39. The van der Waals surface area contributed by atoms with E-state index in [1.807, 2.05) is 6.07 Å². The predicted molar refractivity (Wildman–Crippen MR) is 72.2 cm³/mol. The van der Waals surface area contributed by atoms with Crippen molar-refractivity contribution in [1.29, 1.82) is 5.26 Å². The van der Waals surface area contributed by atoms with Gasteiger partial charge in [0.25, 0.3) is 0 Å². The number of benzene rings is 1. The lowest BCUT2D eigenvalue weighted by molar-refractivity contribution is -0.0766. The van der Waals surface area contributed by atoms with E-state index in [0.29, 0.717) is 18.3 Å². The van der Waals surface area contributed by atoms with E-state index in [4.69, 9.17) is 10.00 Å². The molecule has 0 N–H and O–H groups in total. The Hall–Kier alpha value is -1.33. The Balaban J connectivity index is 2.18. The largest absolute Gasteiger partial charge is 0.376 e. The number of ether oxygens (including phenoxy) is 1. The first-order valence-corrected chi connectivity index (χ1v) is 6.68. The van der Waals surface area contributed by atoms with Gasteiger partial charge in [-0.2, -0.15) is 5.26 Å². The molecule has 2 heteroatoms. The van der Waals surface area contributed by atoms with Crippen LogP contribution >= 0.6 is 0 Å². The Morgan fingerprint density at radius 3 is 2.72 bits per heavy atom. The summed E-state index contributed by atoms with van der Waals surface area (Å²) in [6, 6.07) is 12.8. The Bertz CT molecular complexity index is 418. The molecule has 0 aromatic heterocycles. The lowest BCUT2D eigenvalue weighted by atomic mass is 9.75. The van der Waals surface area contributed by atoms with Crippen molar-refractivity contribution in [3.05, 3.63) is 35.9 Å². The molecule has 1 aromatic rings. The molecule has 0 radical (unpaired) electrons. The number of hydrogen-bond donors (Lipinski definition) is 0. The van der Waals surface area contributed by atoms with Gasteiger partial charge in [-0.25, -0.2) is 0 Å². The zero-order valence-electron chi connectivity index (χ0n) is 11.2. The molecule has 2 rings (SSSR count). The van der Waals surface area contributed by atoms with Gasteiger partial charge in [0.15, 0.2) is 0 Å². The van der Waals surface area contributed by atoms with Gasteiger partial charge in [0.05, 0.1) is 11.7 Å². The number of nitrogens with zero attached hydrogens (tertiary/aromatic N) is 1. The monoisotopic (exact) mass is 243 g/mol. The highest BCUT2D eigenvalue weighted by atomic mass is 16.5. The third-order valence-electron chi connectivity index (χ3n) is 3.84. The van der Waals surface area contributed by atoms with E-state index < -0.39 is 0 Å². The molecule has 96 valence electrons. The molecule has 0 amide bonds. The molecule has 1 aliphatic rings. The minimum Gasteiger partial charge on any atom is -0.376 e. The van der Waals surface area contributed by atoms with Crippen molar-refractivity contribution >= 4 is 0 Å². The molecule has 1 aromatic carbocycles. The van der Waals surface area contributed by atoms with Crippen LogP contribution in [0, 0.1) is 17.2 Å². The Kier molecular flexibility index (Phi) is 4.04. The van der Waals surface area contributed by atoms with E-state index in [-0.39, 0.29) is 5.60 Å². The fraction of sp³-hybridized carbons (Fsp3) is 0.562. The van der Waals surface area contributed by atoms with Crippen LogP contribution in [0.4, 0.5) is 0 Å². The second-order valence-electron chi connectivity index (χ2n) is 5.74. The van der Waals surface area contributed by atoms with Crippen LogP contribution in [0.2, 0.25) is 0 Å². The Morgan fingerprint density at radius 2 is 2.11 bits per heavy atom. The van der Waals surface area contributed by atoms with Crippen molar-refractivity contribution in [1.82, 2.24) is 0 Å². The highest BCUT2D eigenvalue weighted by Crippen LogP contribution is 2.39. The summed E-state index contributed by atoms with van der Waals surface area (Å²) in [5, 5.41) is 9.08. The predicted octanol–water partition coefficient (Wildman–Crippen LogP) is 3.89. The molecule has 1 aliphatic heterocycles. The first-order chi connectivity index (χ1) is 8.62. The quantitative estimate of drug-likeness (QED) is 0.807. The molecule has 18 heavy (non-hydrogen) atoms. The summed E-state index contributed by atoms with van der Waals surface area (Å²) in [4.78, 5) is 0. The summed E-state index contributed by atoms with van der Waals surface area (Å²) in [6.45, 7) is 5.10. The minimum absolute atomic E-state index is 0.0502. The first-order valence-electron chi connectivity index (χ1n) is 6.68. The average molecular weight is 243 g/mol. The molecule has 0 spiro atoms. The van der Waals surface area contributed by atoms with Crippen molar-refractivity contribution in [2.75, 3.05) is 6.61 Å². The van der Waals surface area contributed by atoms with Crippen LogP contribution in [0.1, 0.15) is 44.6 Å². The summed E-state index contributed by atoms with van der Waals surface area (Å²) in [6.07, 6.45) is 2.70. The Labute approximate surface area is 110 Å². The summed E-state index contributed by atoms with van der Waals surface area (Å²) < 4.78 is 5.78. The second kappa shape index (κ2) is 5.54. The molecule has 0 bridgehead atoms. The molecule has 2 atom stereocenters. The van der Waals surface area contributed by atoms with Crippen LogP contribution in [0.15, 0.2) is 30.3 Å². The van der Waals surface area contributed by atoms with Gasteiger partial charge in [0.1, 0.15) is 0 Å².